The molecule has 2 saturated carbocycles. The average Bonchev–Trinajstić information content (AvgIpc) is 2.93. The first kappa shape index (κ1) is 15.4. The number of aliphatic hydroxyl groups excluding tert-OH is 1. The highest BCUT2D eigenvalue weighted by Crippen LogP contribution is 2.61. The van der Waals surface area contributed by atoms with Gasteiger partial charge in [0.05, 0.1) is 6.61 Å². The molecule has 0 amide bonds. The van der Waals surface area contributed by atoms with Crippen LogP contribution in [0.3, 0.4) is 0 Å². The molecule has 1 N–H and O–H groups in total. The zero-order valence-corrected chi connectivity index (χ0v) is 14.2. The van der Waals surface area contributed by atoms with Crippen LogP contribution in [0.15, 0.2) is 34.9 Å². The smallest absolute Gasteiger partial charge is 0.156 e. The van der Waals surface area contributed by atoms with Crippen molar-refractivity contribution in [2.45, 2.75) is 58.3 Å². The molecule has 0 spiro atoms. The van der Waals surface area contributed by atoms with Gasteiger partial charge in [0.25, 0.3) is 0 Å². The second kappa shape index (κ2) is 5.73. The van der Waals surface area contributed by atoms with Crippen LogP contribution < -0.4 is 0 Å². The van der Waals surface area contributed by atoms with Crippen molar-refractivity contribution in [3.05, 3.63) is 34.9 Å². The van der Waals surface area contributed by atoms with Crippen molar-refractivity contribution in [1.29, 1.82) is 0 Å². The number of fused-ring (bicyclic) bond motifs is 4. The lowest BCUT2D eigenvalue weighted by Gasteiger charge is -2.50. The first-order chi connectivity index (χ1) is 11.1. The maximum absolute atomic E-state index is 11.9. The van der Waals surface area contributed by atoms with E-state index < -0.39 is 0 Å². The molecule has 4 aliphatic rings. The Labute approximate surface area is 139 Å². The first-order valence-corrected chi connectivity index (χ1v) is 9.35. The minimum atomic E-state index is 0.120. The standard InChI is InChI=1S/C21H28O2/c1-21-9-2-5-19(21)20-14(4-3-11-22)12-15-13-16(23)6-7-17(15)18(20)8-10-21/h3-4,13-14,19-20,22H,2,5-12H2,1H3/t14-,19+,20-,21+/m1/s1. The van der Waals surface area contributed by atoms with Crippen LogP contribution >= 0.6 is 0 Å². The van der Waals surface area contributed by atoms with E-state index >= 15 is 0 Å². The lowest BCUT2D eigenvalue weighted by atomic mass is 9.55. The number of allylic oxidation sites excluding steroid dienone is 5. The van der Waals surface area contributed by atoms with E-state index in [1.165, 1.54) is 43.3 Å². The monoisotopic (exact) mass is 312 g/mol. The van der Waals surface area contributed by atoms with Gasteiger partial charge in [0.2, 0.25) is 0 Å². The third-order valence-corrected chi connectivity index (χ3v) is 7.10. The van der Waals surface area contributed by atoms with Gasteiger partial charge in [0, 0.05) is 6.42 Å². The summed E-state index contributed by atoms with van der Waals surface area (Å²) < 4.78 is 0. The highest BCUT2D eigenvalue weighted by atomic mass is 16.2. The number of rotatable bonds is 2. The molecule has 0 radical (unpaired) electrons. The van der Waals surface area contributed by atoms with Gasteiger partial charge < -0.3 is 5.11 Å². The van der Waals surface area contributed by atoms with Crippen molar-refractivity contribution in [1.82, 2.24) is 0 Å². The molecule has 4 atom stereocenters. The number of aliphatic hydroxyl groups is 1. The van der Waals surface area contributed by atoms with Crippen molar-refractivity contribution >= 4 is 5.78 Å². The van der Waals surface area contributed by atoms with E-state index in [0.717, 1.165) is 18.8 Å². The second-order valence-electron chi connectivity index (χ2n) is 8.30. The number of carbonyl (C=O) groups excluding carboxylic acids is 1. The maximum Gasteiger partial charge on any atom is 0.156 e. The Kier molecular flexibility index (Phi) is 3.84. The largest absolute Gasteiger partial charge is 0.392 e. The van der Waals surface area contributed by atoms with E-state index in [9.17, 15) is 9.90 Å². The quantitative estimate of drug-likeness (QED) is 0.769. The van der Waals surface area contributed by atoms with E-state index in [0.29, 0.717) is 29.5 Å². The topological polar surface area (TPSA) is 37.3 Å². The van der Waals surface area contributed by atoms with Gasteiger partial charge in [-0.25, -0.2) is 0 Å². The van der Waals surface area contributed by atoms with Crippen LogP contribution in [0, 0.1) is 23.2 Å². The molecule has 4 aliphatic carbocycles. The lowest BCUT2D eigenvalue weighted by Crippen LogP contribution is -2.40. The normalized spacial score (nSPS) is 40.0. The summed E-state index contributed by atoms with van der Waals surface area (Å²) in [4.78, 5) is 11.9. The van der Waals surface area contributed by atoms with E-state index in [1.54, 1.807) is 5.57 Å². The van der Waals surface area contributed by atoms with Gasteiger partial charge in [-0.2, -0.15) is 0 Å². The van der Waals surface area contributed by atoms with Crippen molar-refractivity contribution in [3.8, 4) is 0 Å². The van der Waals surface area contributed by atoms with Crippen LogP contribution in [0.5, 0.6) is 0 Å². The zero-order chi connectivity index (χ0) is 16.0. The number of ketones is 1. The Balaban J connectivity index is 1.79. The molecule has 2 nitrogen and oxygen atoms in total. The molecule has 4 rings (SSSR count). The van der Waals surface area contributed by atoms with E-state index in [4.69, 9.17) is 0 Å². The van der Waals surface area contributed by atoms with Crippen LogP contribution in [0.4, 0.5) is 0 Å². The maximum atomic E-state index is 11.9. The summed E-state index contributed by atoms with van der Waals surface area (Å²) in [6.07, 6.45) is 15.4. The van der Waals surface area contributed by atoms with Crippen molar-refractivity contribution in [2.75, 3.05) is 6.61 Å². The molecule has 0 aromatic heterocycles. The van der Waals surface area contributed by atoms with Crippen LogP contribution in [0.2, 0.25) is 0 Å². The van der Waals surface area contributed by atoms with E-state index in [2.05, 4.69) is 13.0 Å². The van der Waals surface area contributed by atoms with Crippen molar-refractivity contribution in [2.24, 2.45) is 23.2 Å². The summed E-state index contributed by atoms with van der Waals surface area (Å²) in [5.41, 5.74) is 5.04. The molecule has 0 bridgehead atoms. The van der Waals surface area contributed by atoms with Gasteiger partial charge in [0.1, 0.15) is 0 Å². The first-order valence-electron chi connectivity index (χ1n) is 9.35. The van der Waals surface area contributed by atoms with Crippen LogP contribution in [0.25, 0.3) is 0 Å². The summed E-state index contributed by atoms with van der Waals surface area (Å²) in [6.45, 7) is 2.63. The predicted molar refractivity (Wildman–Crippen MR) is 91.9 cm³/mol. The molecule has 0 aromatic carbocycles. The molecule has 0 unspecified atom stereocenters. The fourth-order valence-corrected chi connectivity index (χ4v) is 6.04. The fraction of sp³-hybridized carbons (Fsp3) is 0.667. The fourth-order valence-electron chi connectivity index (χ4n) is 6.04. The molecule has 0 aliphatic heterocycles. The Morgan fingerprint density at radius 1 is 1.30 bits per heavy atom. The molecule has 0 heterocycles. The Morgan fingerprint density at radius 3 is 3.00 bits per heavy atom. The summed E-state index contributed by atoms with van der Waals surface area (Å²) in [5.74, 6) is 2.22. The highest BCUT2D eigenvalue weighted by Gasteiger charge is 2.51. The molecule has 0 aromatic rings. The summed E-state index contributed by atoms with van der Waals surface area (Å²) in [6, 6.07) is 0. The molecule has 23 heavy (non-hydrogen) atoms. The highest BCUT2D eigenvalue weighted by molar-refractivity contribution is 5.93. The van der Waals surface area contributed by atoms with E-state index in [-0.39, 0.29) is 6.61 Å². The molecule has 124 valence electrons. The summed E-state index contributed by atoms with van der Waals surface area (Å²) in [7, 11) is 0. The number of hydrogen-bond acceptors (Lipinski definition) is 2. The van der Waals surface area contributed by atoms with Crippen LogP contribution in [-0.4, -0.2) is 17.5 Å². The van der Waals surface area contributed by atoms with Crippen LogP contribution in [-0.2, 0) is 4.79 Å². The van der Waals surface area contributed by atoms with Crippen molar-refractivity contribution < 1.29 is 9.90 Å². The third kappa shape index (κ3) is 2.46. The summed E-state index contributed by atoms with van der Waals surface area (Å²) in [5, 5.41) is 9.24. The molecule has 2 fully saturated rings. The Morgan fingerprint density at radius 2 is 2.17 bits per heavy atom. The Hall–Kier alpha value is -1.15. The molecular formula is C21H28O2. The van der Waals surface area contributed by atoms with Crippen molar-refractivity contribution in [3.63, 3.8) is 0 Å². The van der Waals surface area contributed by atoms with Gasteiger partial charge in [-0.05, 0) is 78.9 Å². The molecular weight excluding hydrogens is 284 g/mol. The van der Waals surface area contributed by atoms with E-state index in [1.807, 2.05) is 12.2 Å². The van der Waals surface area contributed by atoms with Crippen LogP contribution in [0.1, 0.15) is 58.3 Å². The van der Waals surface area contributed by atoms with Gasteiger partial charge in [-0.15, -0.1) is 0 Å². The van der Waals surface area contributed by atoms with Gasteiger partial charge in [-0.3, -0.25) is 4.79 Å². The number of carbonyl (C=O) groups is 1. The Bertz CT molecular complexity index is 609. The minimum Gasteiger partial charge on any atom is -0.392 e. The number of hydrogen-bond donors (Lipinski definition) is 1. The predicted octanol–water partition coefficient (Wildman–Crippen LogP) is 4.36. The minimum absolute atomic E-state index is 0.120. The SMILES string of the molecule is C[C@@]12CCC[C@H]1[C@H]1C(=C3CCC(=O)C=C3C[C@H]1C=CCO)CC2. The summed E-state index contributed by atoms with van der Waals surface area (Å²) >= 11 is 0. The van der Waals surface area contributed by atoms with Gasteiger partial charge in [-0.1, -0.05) is 31.1 Å². The zero-order valence-electron chi connectivity index (χ0n) is 14.2. The third-order valence-electron chi connectivity index (χ3n) is 7.10. The van der Waals surface area contributed by atoms with Gasteiger partial charge >= 0.3 is 0 Å². The average molecular weight is 312 g/mol. The second-order valence-corrected chi connectivity index (χ2v) is 8.30. The molecule has 2 heteroatoms. The van der Waals surface area contributed by atoms with Gasteiger partial charge in [0.15, 0.2) is 5.78 Å². The lowest BCUT2D eigenvalue weighted by molar-refractivity contribution is -0.114. The molecule has 0 saturated heterocycles.